The zero-order valence-electron chi connectivity index (χ0n) is 10.2. The SMILES string of the molecule is O=CCc1nc(-c2ccc3c(c2)CCCC3)cs1. The van der Waals surface area contributed by atoms with E-state index in [9.17, 15) is 4.79 Å². The minimum Gasteiger partial charge on any atom is -0.303 e. The fourth-order valence-electron chi connectivity index (χ4n) is 2.50. The Hall–Kier alpha value is -1.48. The molecule has 1 aromatic heterocycles. The zero-order chi connectivity index (χ0) is 12.4. The molecule has 1 aliphatic carbocycles. The summed E-state index contributed by atoms with van der Waals surface area (Å²) in [5.74, 6) is 0. The van der Waals surface area contributed by atoms with Gasteiger partial charge in [0.25, 0.3) is 0 Å². The third kappa shape index (κ3) is 2.23. The van der Waals surface area contributed by atoms with Crippen molar-refractivity contribution in [3.8, 4) is 11.3 Å². The lowest BCUT2D eigenvalue weighted by molar-refractivity contribution is -0.107. The summed E-state index contributed by atoms with van der Waals surface area (Å²) in [6, 6.07) is 6.67. The van der Waals surface area contributed by atoms with Crippen LogP contribution in [0.1, 0.15) is 29.0 Å². The molecule has 2 nitrogen and oxygen atoms in total. The summed E-state index contributed by atoms with van der Waals surface area (Å²) >= 11 is 1.56. The van der Waals surface area contributed by atoms with Crippen molar-refractivity contribution < 1.29 is 4.79 Å². The highest BCUT2D eigenvalue weighted by Crippen LogP contribution is 2.28. The third-order valence-electron chi connectivity index (χ3n) is 3.45. The van der Waals surface area contributed by atoms with Gasteiger partial charge in [-0.3, -0.25) is 0 Å². The van der Waals surface area contributed by atoms with Crippen molar-refractivity contribution in [2.45, 2.75) is 32.1 Å². The molecule has 3 heteroatoms. The van der Waals surface area contributed by atoms with Gasteiger partial charge >= 0.3 is 0 Å². The third-order valence-corrected chi connectivity index (χ3v) is 4.33. The van der Waals surface area contributed by atoms with E-state index < -0.39 is 0 Å². The smallest absolute Gasteiger partial charge is 0.126 e. The van der Waals surface area contributed by atoms with E-state index in [2.05, 4.69) is 23.2 Å². The Bertz CT molecular complexity index is 574. The Morgan fingerprint density at radius 2 is 2.06 bits per heavy atom. The molecular weight excluding hydrogens is 242 g/mol. The zero-order valence-corrected chi connectivity index (χ0v) is 11.0. The van der Waals surface area contributed by atoms with Crippen molar-refractivity contribution in [3.05, 3.63) is 39.7 Å². The largest absolute Gasteiger partial charge is 0.303 e. The lowest BCUT2D eigenvalue weighted by atomic mass is 9.90. The lowest BCUT2D eigenvalue weighted by Crippen LogP contribution is -2.02. The van der Waals surface area contributed by atoms with Crippen LogP contribution in [0, 0.1) is 0 Å². The Morgan fingerprint density at radius 3 is 2.89 bits per heavy atom. The fourth-order valence-corrected chi connectivity index (χ4v) is 3.25. The molecule has 2 aromatic rings. The highest BCUT2D eigenvalue weighted by molar-refractivity contribution is 7.10. The first-order valence-corrected chi connectivity index (χ1v) is 7.25. The van der Waals surface area contributed by atoms with E-state index in [0.29, 0.717) is 6.42 Å². The Kier molecular flexibility index (Phi) is 3.24. The van der Waals surface area contributed by atoms with Crippen molar-refractivity contribution in [1.82, 2.24) is 4.98 Å². The number of nitrogens with zero attached hydrogens (tertiary/aromatic N) is 1. The van der Waals surface area contributed by atoms with Crippen molar-refractivity contribution in [2.24, 2.45) is 0 Å². The number of aromatic nitrogens is 1. The van der Waals surface area contributed by atoms with Crippen LogP contribution >= 0.6 is 11.3 Å². The number of rotatable bonds is 3. The molecule has 0 aliphatic heterocycles. The average molecular weight is 257 g/mol. The first-order chi connectivity index (χ1) is 8.86. The predicted octanol–water partition coefficient (Wildman–Crippen LogP) is 3.43. The maximum Gasteiger partial charge on any atom is 0.126 e. The monoisotopic (exact) mass is 257 g/mol. The van der Waals surface area contributed by atoms with Crippen LogP contribution in [0.3, 0.4) is 0 Å². The van der Waals surface area contributed by atoms with Crippen LogP contribution in [-0.2, 0) is 24.1 Å². The molecule has 18 heavy (non-hydrogen) atoms. The van der Waals surface area contributed by atoms with Crippen molar-refractivity contribution >= 4 is 17.6 Å². The molecule has 0 fully saturated rings. The highest BCUT2D eigenvalue weighted by Gasteiger charge is 2.11. The summed E-state index contributed by atoms with van der Waals surface area (Å²) in [5.41, 5.74) is 5.16. The van der Waals surface area contributed by atoms with Gasteiger partial charge in [0.1, 0.15) is 11.3 Å². The van der Waals surface area contributed by atoms with E-state index >= 15 is 0 Å². The maximum atomic E-state index is 10.5. The number of hydrogen-bond acceptors (Lipinski definition) is 3. The Morgan fingerprint density at radius 1 is 1.22 bits per heavy atom. The van der Waals surface area contributed by atoms with Gasteiger partial charge in [0.2, 0.25) is 0 Å². The molecule has 1 aliphatic rings. The number of benzene rings is 1. The van der Waals surface area contributed by atoms with Crippen LogP contribution < -0.4 is 0 Å². The van der Waals surface area contributed by atoms with E-state index in [0.717, 1.165) is 17.0 Å². The molecule has 0 saturated carbocycles. The van der Waals surface area contributed by atoms with Gasteiger partial charge in [-0.15, -0.1) is 11.3 Å². The normalized spacial score (nSPS) is 14.2. The predicted molar refractivity (Wildman–Crippen MR) is 74.0 cm³/mol. The highest BCUT2D eigenvalue weighted by atomic mass is 32.1. The van der Waals surface area contributed by atoms with Gasteiger partial charge in [-0.1, -0.05) is 12.1 Å². The van der Waals surface area contributed by atoms with Crippen LogP contribution in [0.5, 0.6) is 0 Å². The number of aldehydes is 1. The van der Waals surface area contributed by atoms with Crippen LogP contribution in [0.25, 0.3) is 11.3 Å². The topological polar surface area (TPSA) is 30.0 Å². The number of aryl methyl sites for hydroxylation is 2. The summed E-state index contributed by atoms with van der Waals surface area (Å²) in [6.45, 7) is 0. The molecule has 1 aromatic carbocycles. The number of thiazole rings is 1. The second-order valence-electron chi connectivity index (χ2n) is 4.69. The first-order valence-electron chi connectivity index (χ1n) is 6.37. The first kappa shape index (κ1) is 11.6. The molecule has 0 spiro atoms. The fraction of sp³-hybridized carbons (Fsp3) is 0.333. The molecule has 0 saturated heterocycles. The minimum atomic E-state index is 0.426. The molecule has 1 heterocycles. The van der Waals surface area contributed by atoms with Crippen LogP contribution in [0.15, 0.2) is 23.6 Å². The van der Waals surface area contributed by atoms with Gasteiger partial charge in [-0.2, -0.15) is 0 Å². The molecular formula is C15H15NOS. The number of fused-ring (bicyclic) bond motifs is 1. The summed E-state index contributed by atoms with van der Waals surface area (Å²) in [5, 5.41) is 2.95. The van der Waals surface area contributed by atoms with E-state index in [1.165, 1.54) is 42.4 Å². The van der Waals surface area contributed by atoms with Gasteiger partial charge in [0, 0.05) is 10.9 Å². The summed E-state index contributed by atoms with van der Waals surface area (Å²) < 4.78 is 0. The van der Waals surface area contributed by atoms with Gasteiger partial charge in [0.05, 0.1) is 12.1 Å². The van der Waals surface area contributed by atoms with Crippen molar-refractivity contribution in [2.75, 3.05) is 0 Å². The van der Waals surface area contributed by atoms with E-state index in [1.54, 1.807) is 11.3 Å². The molecule has 0 N–H and O–H groups in total. The Labute approximate surface area is 111 Å². The van der Waals surface area contributed by atoms with Gasteiger partial charge < -0.3 is 4.79 Å². The van der Waals surface area contributed by atoms with Gasteiger partial charge in [0.15, 0.2) is 0 Å². The standard InChI is InChI=1S/C15H15NOS/c17-8-7-15-16-14(10-18-15)13-6-5-11-3-1-2-4-12(11)9-13/h5-6,8-10H,1-4,7H2. The van der Waals surface area contributed by atoms with Crippen LogP contribution in [-0.4, -0.2) is 11.3 Å². The molecule has 0 bridgehead atoms. The Balaban J connectivity index is 1.93. The number of carbonyl (C=O) groups excluding carboxylic acids is 1. The molecule has 92 valence electrons. The van der Waals surface area contributed by atoms with Crippen LogP contribution in [0.4, 0.5) is 0 Å². The van der Waals surface area contributed by atoms with Crippen LogP contribution in [0.2, 0.25) is 0 Å². The van der Waals surface area contributed by atoms with Gasteiger partial charge in [-0.05, 0) is 42.9 Å². The molecule has 3 rings (SSSR count). The second kappa shape index (κ2) is 5.02. The molecule has 0 radical (unpaired) electrons. The van der Waals surface area contributed by atoms with Crippen molar-refractivity contribution in [3.63, 3.8) is 0 Å². The summed E-state index contributed by atoms with van der Waals surface area (Å²) in [4.78, 5) is 15.0. The summed E-state index contributed by atoms with van der Waals surface area (Å²) in [7, 11) is 0. The van der Waals surface area contributed by atoms with Crippen molar-refractivity contribution in [1.29, 1.82) is 0 Å². The number of hydrogen-bond donors (Lipinski definition) is 0. The van der Waals surface area contributed by atoms with E-state index in [-0.39, 0.29) is 0 Å². The quantitative estimate of drug-likeness (QED) is 0.788. The van der Waals surface area contributed by atoms with E-state index in [4.69, 9.17) is 0 Å². The molecule has 0 amide bonds. The second-order valence-corrected chi connectivity index (χ2v) is 5.63. The lowest BCUT2D eigenvalue weighted by Gasteiger charge is -2.16. The van der Waals surface area contributed by atoms with E-state index in [1.807, 2.05) is 5.38 Å². The molecule has 0 unspecified atom stereocenters. The maximum absolute atomic E-state index is 10.5. The number of carbonyl (C=O) groups is 1. The van der Waals surface area contributed by atoms with Gasteiger partial charge in [-0.25, -0.2) is 4.98 Å². The summed E-state index contributed by atoms with van der Waals surface area (Å²) in [6.07, 6.45) is 6.35. The minimum absolute atomic E-state index is 0.426. The molecule has 0 atom stereocenters. The average Bonchev–Trinajstić information content (AvgIpc) is 2.87.